The van der Waals surface area contributed by atoms with Crippen molar-refractivity contribution in [2.45, 2.75) is 33.3 Å². The Morgan fingerprint density at radius 3 is 2.90 bits per heavy atom. The molecule has 0 saturated carbocycles. The first-order valence-corrected chi connectivity index (χ1v) is 7.42. The summed E-state index contributed by atoms with van der Waals surface area (Å²) in [5.41, 5.74) is 1.13. The lowest BCUT2D eigenvalue weighted by molar-refractivity contribution is 0.117. The highest BCUT2D eigenvalue weighted by Crippen LogP contribution is 2.32. The quantitative estimate of drug-likeness (QED) is 0.705. The number of ether oxygens (including phenoxy) is 3. The summed E-state index contributed by atoms with van der Waals surface area (Å²) in [6.45, 7) is 8.38. The molecular formula is C16H25NO3. The highest BCUT2D eigenvalue weighted by atomic mass is 16.7. The number of hydrogen-bond donors (Lipinski definition) is 1. The Morgan fingerprint density at radius 2 is 2.05 bits per heavy atom. The molecule has 0 radical (unpaired) electrons. The van der Waals surface area contributed by atoms with Gasteiger partial charge in [-0.25, -0.2) is 0 Å². The fourth-order valence-corrected chi connectivity index (χ4v) is 2.07. The molecular weight excluding hydrogens is 254 g/mol. The van der Waals surface area contributed by atoms with E-state index in [-0.39, 0.29) is 0 Å². The summed E-state index contributed by atoms with van der Waals surface area (Å²) in [6, 6.07) is 5.96. The number of benzene rings is 1. The number of hydrogen-bond acceptors (Lipinski definition) is 4. The summed E-state index contributed by atoms with van der Waals surface area (Å²) in [6.07, 6.45) is 2.25. The highest BCUT2D eigenvalue weighted by Gasteiger charge is 2.12. The van der Waals surface area contributed by atoms with Crippen LogP contribution in [0.3, 0.4) is 0 Å². The first-order valence-electron chi connectivity index (χ1n) is 7.42. The summed E-state index contributed by atoms with van der Waals surface area (Å²) in [7, 11) is 0. The maximum absolute atomic E-state index is 5.68. The van der Waals surface area contributed by atoms with E-state index in [1.807, 2.05) is 18.2 Å². The molecule has 0 aromatic heterocycles. The fourth-order valence-electron chi connectivity index (χ4n) is 2.07. The molecule has 0 aliphatic carbocycles. The molecule has 2 rings (SSSR count). The first kappa shape index (κ1) is 15.1. The van der Waals surface area contributed by atoms with E-state index in [0.717, 1.165) is 55.5 Å². The zero-order valence-electron chi connectivity index (χ0n) is 12.5. The molecule has 0 fully saturated rings. The van der Waals surface area contributed by atoms with Crippen molar-refractivity contribution in [3.05, 3.63) is 23.8 Å². The first-order chi connectivity index (χ1) is 9.75. The third kappa shape index (κ3) is 5.02. The second-order valence-corrected chi connectivity index (χ2v) is 5.55. The van der Waals surface area contributed by atoms with Gasteiger partial charge in [0.15, 0.2) is 11.5 Å². The van der Waals surface area contributed by atoms with E-state index >= 15 is 0 Å². The molecule has 4 nitrogen and oxygen atoms in total. The lowest BCUT2D eigenvalue weighted by atomic mass is 10.2. The summed E-state index contributed by atoms with van der Waals surface area (Å²) < 4.78 is 16.3. The molecule has 1 aromatic rings. The molecule has 0 bridgehead atoms. The maximum Gasteiger partial charge on any atom is 0.231 e. The van der Waals surface area contributed by atoms with Crippen LogP contribution in [0.1, 0.15) is 32.3 Å². The van der Waals surface area contributed by atoms with Crippen molar-refractivity contribution in [1.82, 2.24) is 5.32 Å². The van der Waals surface area contributed by atoms with Crippen molar-refractivity contribution in [3.63, 3.8) is 0 Å². The van der Waals surface area contributed by atoms with E-state index in [1.54, 1.807) is 0 Å². The molecule has 0 unspecified atom stereocenters. The van der Waals surface area contributed by atoms with Crippen molar-refractivity contribution >= 4 is 0 Å². The summed E-state index contributed by atoms with van der Waals surface area (Å²) >= 11 is 0. The number of nitrogens with one attached hydrogen (secondary N) is 1. The average Bonchev–Trinajstić information content (AvgIpc) is 2.89. The van der Waals surface area contributed by atoms with E-state index in [2.05, 4.69) is 19.2 Å². The molecule has 1 aliphatic heterocycles. The Bertz CT molecular complexity index is 407. The van der Waals surface area contributed by atoms with Gasteiger partial charge < -0.3 is 19.5 Å². The van der Waals surface area contributed by atoms with Crippen molar-refractivity contribution in [2.24, 2.45) is 5.92 Å². The minimum atomic E-state index is 0.322. The zero-order chi connectivity index (χ0) is 14.2. The number of rotatable bonds is 9. The molecule has 112 valence electrons. The maximum atomic E-state index is 5.68. The van der Waals surface area contributed by atoms with Crippen LogP contribution in [-0.2, 0) is 11.3 Å². The smallest absolute Gasteiger partial charge is 0.231 e. The minimum Gasteiger partial charge on any atom is -0.454 e. The van der Waals surface area contributed by atoms with Gasteiger partial charge >= 0.3 is 0 Å². The van der Waals surface area contributed by atoms with E-state index < -0.39 is 0 Å². The number of fused-ring (bicyclic) bond motifs is 1. The van der Waals surface area contributed by atoms with Crippen LogP contribution in [0, 0.1) is 5.92 Å². The van der Waals surface area contributed by atoms with Crippen LogP contribution in [0.5, 0.6) is 11.5 Å². The predicted molar refractivity (Wildman–Crippen MR) is 79.2 cm³/mol. The summed E-state index contributed by atoms with van der Waals surface area (Å²) in [4.78, 5) is 0. The summed E-state index contributed by atoms with van der Waals surface area (Å²) in [5, 5.41) is 3.44. The van der Waals surface area contributed by atoms with E-state index in [9.17, 15) is 0 Å². The average molecular weight is 279 g/mol. The van der Waals surface area contributed by atoms with Crippen LogP contribution < -0.4 is 14.8 Å². The van der Waals surface area contributed by atoms with Crippen LogP contribution in [0.4, 0.5) is 0 Å². The molecule has 0 amide bonds. The third-order valence-corrected chi connectivity index (χ3v) is 3.15. The van der Waals surface area contributed by atoms with Gasteiger partial charge in [-0.05, 0) is 49.5 Å². The standard InChI is InChI=1S/C16H25NO3/c1-13(2)10-17-7-3-4-8-18-11-14-5-6-15-16(9-14)20-12-19-15/h5-6,9,13,17H,3-4,7-8,10-12H2,1-2H3. The molecule has 0 saturated heterocycles. The second-order valence-electron chi connectivity index (χ2n) is 5.55. The highest BCUT2D eigenvalue weighted by molar-refractivity contribution is 5.44. The lowest BCUT2D eigenvalue weighted by Gasteiger charge is -2.08. The molecule has 20 heavy (non-hydrogen) atoms. The Balaban J connectivity index is 1.53. The SMILES string of the molecule is CC(C)CNCCCCOCc1ccc2c(c1)OCO2. The molecule has 1 N–H and O–H groups in total. The van der Waals surface area contributed by atoms with Crippen LogP contribution >= 0.6 is 0 Å². The lowest BCUT2D eigenvalue weighted by Crippen LogP contribution is -2.20. The van der Waals surface area contributed by atoms with Crippen LogP contribution in [0.2, 0.25) is 0 Å². The molecule has 0 spiro atoms. The van der Waals surface area contributed by atoms with Gasteiger partial charge in [0.25, 0.3) is 0 Å². The van der Waals surface area contributed by atoms with E-state index in [1.165, 1.54) is 0 Å². The monoisotopic (exact) mass is 279 g/mol. The second kappa shape index (κ2) is 8.12. The Morgan fingerprint density at radius 1 is 1.20 bits per heavy atom. The topological polar surface area (TPSA) is 39.7 Å². The van der Waals surface area contributed by atoms with E-state index in [0.29, 0.717) is 13.4 Å². The van der Waals surface area contributed by atoms with Gasteiger partial charge in [-0.15, -0.1) is 0 Å². The Labute approximate surface area is 121 Å². The molecule has 1 aromatic carbocycles. The number of unbranched alkanes of at least 4 members (excludes halogenated alkanes) is 1. The van der Waals surface area contributed by atoms with Crippen molar-refractivity contribution < 1.29 is 14.2 Å². The van der Waals surface area contributed by atoms with Gasteiger partial charge in [0.05, 0.1) is 6.61 Å². The van der Waals surface area contributed by atoms with Crippen molar-refractivity contribution in [2.75, 3.05) is 26.5 Å². The Hall–Kier alpha value is -1.26. The van der Waals surface area contributed by atoms with Gasteiger partial charge in [0.1, 0.15) is 0 Å². The van der Waals surface area contributed by atoms with Gasteiger partial charge in [0, 0.05) is 6.61 Å². The van der Waals surface area contributed by atoms with Gasteiger partial charge in [-0.2, -0.15) is 0 Å². The fraction of sp³-hybridized carbons (Fsp3) is 0.625. The molecule has 1 heterocycles. The molecule has 1 aliphatic rings. The van der Waals surface area contributed by atoms with Crippen LogP contribution in [0.15, 0.2) is 18.2 Å². The zero-order valence-corrected chi connectivity index (χ0v) is 12.5. The summed E-state index contributed by atoms with van der Waals surface area (Å²) in [5.74, 6) is 2.37. The van der Waals surface area contributed by atoms with Crippen molar-refractivity contribution in [1.29, 1.82) is 0 Å². The van der Waals surface area contributed by atoms with Gasteiger partial charge in [-0.3, -0.25) is 0 Å². The van der Waals surface area contributed by atoms with Crippen LogP contribution in [-0.4, -0.2) is 26.5 Å². The predicted octanol–water partition coefficient (Wildman–Crippen LogP) is 2.96. The minimum absolute atomic E-state index is 0.322. The van der Waals surface area contributed by atoms with Gasteiger partial charge in [0.2, 0.25) is 6.79 Å². The Kier molecular flexibility index (Phi) is 6.15. The third-order valence-electron chi connectivity index (χ3n) is 3.15. The largest absolute Gasteiger partial charge is 0.454 e. The van der Waals surface area contributed by atoms with Crippen molar-refractivity contribution in [3.8, 4) is 11.5 Å². The van der Waals surface area contributed by atoms with Crippen LogP contribution in [0.25, 0.3) is 0 Å². The normalized spacial score (nSPS) is 13.2. The van der Waals surface area contributed by atoms with E-state index in [4.69, 9.17) is 14.2 Å². The van der Waals surface area contributed by atoms with Gasteiger partial charge in [-0.1, -0.05) is 19.9 Å². The molecule has 0 atom stereocenters. The molecule has 4 heteroatoms.